The van der Waals surface area contributed by atoms with E-state index in [1.54, 1.807) is 24.3 Å². The Hall–Kier alpha value is -4.34. The fraction of sp³-hybridized carbons (Fsp3) is 0.276. The van der Waals surface area contributed by atoms with Crippen LogP contribution in [0.1, 0.15) is 44.8 Å². The van der Waals surface area contributed by atoms with Gasteiger partial charge in [0.15, 0.2) is 0 Å². The number of hydrogen-bond donors (Lipinski definition) is 1. The van der Waals surface area contributed by atoms with Gasteiger partial charge in [-0.3, -0.25) is 4.79 Å². The van der Waals surface area contributed by atoms with E-state index in [-0.39, 0.29) is 17.8 Å². The zero-order valence-electron chi connectivity index (χ0n) is 21.6. The van der Waals surface area contributed by atoms with Gasteiger partial charge in [0.25, 0.3) is 5.78 Å². The summed E-state index contributed by atoms with van der Waals surface area (Å²) in [5.74, 6) is -1.39. The molecule has 0 aliphatic carbocycles. The lowest BCUT2D eigenvalue weighted by Crippen LogP contribution is -2.26. The molecule has 4 rings (SSSR count). The first-order valence-electron chi connectivity index (χ1n) is 12.2. The number of carbonyl (C=O) groups excluding carboxylic acids is 1. The number of ether oxygens (including phenoxy) is 1. The third kappa shape index (κ3) is 6.22. The van der Waals surface area contributed by atoms with Crippen LogP contribution < -0.4 is 4.74 Å². The number of benzene rings is 2. The highest BCUT2D eigenvalue weighted by atomic mass is 19.4. The lowest BCUT2D eigenvalue weighted by atomic mass is 10.0. The molecule has 0 radical (unpaired) electrons. The molecule has 0 aliphatic heterocycles. The normalized spacial score (nSPS) is 12.4. The Morgan fingerprint density at radius 2 is 1.72 bits per heavy atom. The SMILES string of the molecule is Cc1oc(-c2ccccc2)nc1CCOc1ccc(CC(C(=O)O)n2c(C)cc(C(=O)C(F)(F)F)c2C)cc1. The third-order valence-electron chi connectivity index (χ3n) is 6.46. The van der Waals surface area contributed by atoms with E-state index in [0.29, 0.717) is 36.0 Å². The van der Waals surface area contributed by atoms with E-state index in [9.17, 15) is 27.9 Å². The minimum Gasteiger partial charge on any atom is -0.493 e. The summed E-state index contributed by atoms with van der Waals surface area (Å²) in [5.41, 5.74) is 1.98. The molecule has 4 aromatic rings. The smallest absolute Gasteiger partial charge is 0.454 e. The van der Waals surface area contributed by atoms with E-state index in [1.165, 1.54) is 18.4 Å². The number of ketones is 1. The second-order valence-electron chi connectivity index (χ2n) is 9.17. The van der Waals surface area contributed by atoms with E-state index < -0.39 is 29.5 Å². The van der Waals surface area contributed by atoms with Crippen LogP contribution in [-0.4, -0.2) is 39.2 Å². The highest BCUT2D eigenvalue weighted by Gasteiger charge is 2.41. The maximum Gasteiger partial charge on any atom is 0.454 e. The molecule has 1 atom stereocenters. The van der Waals surface area contributed by atoms with Gasteiger partial charge in [-0.2, -0.15) is 13.2 Å². The van der Waals surface area contributed by atoms with Gasteiger partial charge in [0.05, 0.1) is 12.3 Å². The minimum atomic E-state index is -5.05. The van der Waals surface area contributed by atoms with E-state index in [1.807, 2.05) is 37.3 Å². The maximum absolute atomic E-state index is 13.0. The van der Waals surface area contributed by atoms with Crippen molar-refractivity contribution in [2.45, 2.75) is 45.8 Å². The summed E-state index contributed by atoms with van der Waals surface area (Å²) in [6, 6.07) is 16.3. The number of nitrogens with zero attached hydrogens (tertiary/aromatic N) is 2. The van der Waals surface area contributed by atoms with Crippen LogP contribution in [0.5, 0.6) is 5.75 Å². The van der Waals surface area contributed by atoms with Gasteiger partial charge in [-0.1, -0.05) is 30.3 Å². The lowest BCUT2D eigenvalue weighted by molar-refractivity contribution is -0.141. The molecule has 2 heterocycles. The fourth-order valence-corrected chi connectivity index (χ4v) is 4.50. The molecule has 39 heavy (non-hydrogen) atoms. The number of Topliss-reactive ketones (excluding diaryl/α,β-unsaturated/α-hetero) is 1. The summed E-state index contributed by atoms with van der Waals surface area (Å²) in [6.07, 6.45) is -4.52. The van der Waals surface area contributed by atoms with Gasteiger partial charge in [0, 0.05) is 35.4 Å². The van der Waals surface area contributed by atoms with Crippen LogP contribution in [0, 0.1) is 20.8 Å². The molecule has 204 valence electrons. The number of aromatic nitrogens is 2. The number of carboxylic acid groups (broad SMARTS) is 1. The Bertz CT molecular complexity index is 1470. The number of halogens is 3. The molecule has 0 fully saturated rings. The van der Waals surface area contributed by atoms with E-state index >= 15 is 0 Å². The van der Waals surface area contributed by atoms with E-state index in [2.05, 4.69) is 4.98 Å². The van der Waals surface area contributed by atoms with Crippen LogP contribution in [0.3, 0.4) is 0 Å². The molecule has 0 bridgehead atoms. The van der Waals surface area contributed by atoms with Gasteiger partial charge in [-0.05, 0) is 56.7 Å². The van der Waals surface area contributed by atoms with Crippen molar-refractivity contribution < 1.29 is 37.0 Å². The standard InChI is InChI=1S/C29H27F3N2O5/c1-17-15-23(26(35)29(30,31)32)18(2)34(17)25(28(36)37)16-20-9-11-22(12-10-20)38-14-13-24-19(3)39-27(33-24)21-7-5-4-6-8-21/h4-12,15,25H,13-14,16H2,1-3H3,(H,36,37). The second-order valence-corrected chi connectivity index (χ2v) is 9.17. The van der Waals surface area contributed by atoms with E-state index in [0.717, 1.165) is 17.3 Å². The highest BCUT2D eigenvalue weighted by molar-refractivity contribution is 6.01. The zero-order chi connectivity index (χ0) is 28.3. The predicted molar refractivity (Wildman–Crippen MR) is 137 cm³/mol. The summed E-state index contributed by atoms with van der Waals surface area (Å²) >= 11 is 0. The second kappa shape index (κ2) is 11.2. The summed E-state index contributed by atoms with van der Waals surface area (Å²) in [4.78, 5) is 28.4. The number of oxazole rings is 1. The van der Waals surface area contributed by atoms with Crippen LogP contribution in [0.15, 0.2) is 65.1 Å². The molecule has 0 saturated heterocycles. The molecule has 10 heteroatoms. The highest BCUT2D eigenvalue weighted by Crippen LogP contribution is 2.29. The van der Waals surface area contributed by atoms with Crippen molar-refractivity contribution in [2.75, 3.05) is 6.61 Å². The minimum absolute atomic E-state index is 0.00597. The molecule has 7 nitrogen and oxygen atoms in total. The molecule has 0 amide bonds. The number of carboxylic acids is 1. The number of rotatable bonds is 10. The quantitative estimate of drug-likeness (QED) is 0.237. The monoisotopic (exact) mass is 540 g/mol. The van der Waals surface area contributed by atoms with Crippen molar-refractivity contribution in [3.63, 3.8) is 0 Å². The topological polar surface area (TPSA) is 94.6 Å². The first-order chi connectivity index (χ1) is 18.5. The van der Waals surface area contributed by atoms with Crippen LogP contribution in [0.25, 0.3) is 11.5 Å². The molecule has 1 unspecified atom stereocenters. The maximum atomic E-state index is 13.0. The molecule has 0 spiro atoms. The lowest BCUT2D eigenvalue weighted by Gasteiger charge is -2.19. The van der Waals surface area contributed by atoms with Crippen molar-refractivity contribution in [2.24, 2.45) is 0 Å². The van der Waals surface area contributed by atoms with Crippen LogP contribution in [-0.2, 0) is 17.6 Å². The summed E-state index contributed by atoms with van der Waals surface area (Å²) in [5, 5.41) is 9.85. The summed E-state index contributed by atoms with van der Waals surface area (Å²) in [6.45, 7) is 4.99. The molecule has 1 N–H and O–H groups in total. The molecular weight excluding hydrogens is 513 g/mol. The van der Waals surface area contributed by atoms with Crippen molar-refractivity contribution in [3.8, 4) is 17.2 Å². The van der Waals surface area contributed by atoms with Gasteiger partial charge < -0.3 is 18.8 Å². The van der Waals surface area contributed by atoms with Gasteiger partial charge in [-0.25, -0.2) is 9.78 Å². The first-order valence-corrected chi connectivity index (χ1v) is 12.2. The largest absolute Gasteiger partial charge is 0.493 e. The summed E-state index contributed by atoms with van der Waals surface area (Å²) in [7, 11) is 0. The Labute approximate surface area is 222 Å². The first kappa shape index (κ1) is 27.7. The van der Waals surface area contributed by atoms with Gasteiger partial charge in [0.1, 0.15) is 17.6 Å². The number of aryl methyl sites for hydroxylation is 2. The van der Waals surface area contributed by atoms with Gasteiger partial charge in [-0.15, -0.1) is 0 Å². The van der Waals surface area contributed by atoms with E-state index in [4.69, 9.17) is 9.15 Å². The predicted octanol–water partition coefficient (Wildman–Crippen LogP) is 6.30. The Balaban J connectivity index is 1.41. The fourth-order valence-electron chi connectivity index (χ4n) is 4.50. The molecule has 0 aliphatic rings. The van der Waals surface area contributed by atoms with Crippen LogP contribution in [0.4, 0.5) is 13.2 Å². The van der Waals surface area contributed by atoms with Gasteiger partial charge >= 0.3 is 12.1 Å². The number of aliphatic carboxylic acids is 1. The Morgan fingerprint density at radius 3 is 2.33 bits per heavy atom. The number of carbonyl (C=O) groups is 2. The number of hydrogen-bond acceptors (Lipinski definition) is 5. The van der Waals surface area contributed by atoms with Gasteiger partial charge in [0.2, 0.25) is 5.89 Å². The molecule has 0 saturated carbocycles. The van der Waals surface area contributed by atoms with Crippen molar-refractivity contribution in [3.05, 3.63) is 94.6 Å². The van der Waals surface area contributed by atoms with Crippen molar-refractivity contribution in [1.29, 1.82) is 0 Å². The Kier molecular flexibility index (Phi) is 7.94. The average molecular weight is 541 g/mol. The van der Waals surface area contributed by atoms with Crippen molar-refractivity contribution in [1.82, 2.24) is 9.55 Å². The summed E-state index contributed by atoms with van der Waals surface area (Å²) < 4.78 is 51.8. The van der Waals surface area contributed by atoms with Crippen LogP contribution in [0.2, 0.25) is 0 Å². The Morgan fingerprint density at radius 1 is 1.05 bits per heavy atom. The number of alkyl halides is 3. The molecule has 2 aromatic heterocycles. The van der Waals surface area contributed by atoms with Crippen molar-refractivity contribution >= 4 is 11.8 Å². The third-order valence-corrected chi connectivity index (χ3v) is 6.46. The molecule has 2 aromatic carbocycles. The zero-order valence-corrected chi connectivity index (χ0v) is 21.6. The molecular formula is C29H27F3N2O5. The average Bonchev–Trinajstić information content (AvgIpc) is 3.41. The van der Waals surface area contributed by atoms with Crippen LogP contribution >= 0.6 is 0 Å².